The molecule has 4 heterocycles. The molecule has 0 radical (unpaired) electrons. The van der Waals surface area contributed by atoms with Gasteiger partial charge in [-0.1, -0.05) is 6.07 Å². The number of pyridine rings is 1. The van der Waals surface area contributed by atoms with Crippen LogP contribution in [-0.2, 0) is 11.8 Å². The first-order valence-corrected chi connectivity index (χ1v) is 8.99. The number of rotatable bonds is 2. The van der Waals surface area contributed by atoms with E-state index >= 15 is 0 Å². The van der Waals surface area contributed by atoms with Crippen LogP contribution in [0.25, 0.3) is 0 Å². The number of hydrogen-bond donors (Lipinski definition) is 1. The molecule has 2 aromatic heterocycles. The topological polar surface area (TPSA) is 80.1 Å². The summed E-state index contributed by atoms with van der Waals surface area (Å²) in [6.45, 7) is 3.12. The summed E-state index contributed by atoms with van der Waals surface area (Å²) in [6, 6.07) is 5.50. The molecule has 0 bridgehead atoms. The maximum absolute atomic E-state index is 12.7. The van der Waals surface area contributed by atoms with Crippen molar-refractivity contribution in [3.8, 4) is 0 Å². The molecule has 26 heavy (non-hydrogen) atoms. The molecule has 0 unspecified atom stereocenters. The lowest BCUT2D eigenvalue weighted by Crippen LogP contribution is -2.54. The summed E-state index contributed by atoms with van der Waals surface area (Å²) in [5.41, 5.74) is 2.13. The van der Waals surface area contributed by atoms with Crippen LogP contribution < -0.4 is 5.32 Å². The van der Waals surface area contributed by atoms with Gasteiger partial charge in [0.05, 0.1) is 11.7 Å². The Hall–Kier alpha value is -2.70. The van der Waals surface area contributed by atoms with Gasteiger partial charge in [-0.15, -0.1) is 0 Å². The van der Waals surface area contributed by atoms with E-state index in [0.29, 0.717) is 25.2 Å². The van der Waals surface area contributed by atoms with Crippen molar-refractivity contribution in [3.05, 3.63) is 47.5 Å². The first-order chi connectivity index (χ1) is 12.5. The van der Waals surface area contributed by atoms with Crippen molar-refractivity contribution in [2.45, 2.75) is 37.6 Å². The number of nitrogens with one attached hydrogen (secondary N) is 1. The Balaban J connectivity index is 1.51. The van der Waals surface area contributed by atoms with Crippen molar-refractivity contribution in [2.24, 2.45) is 7.05 Å². The van der Waals surface area contributed by atoms with Gasteiger partial charge >= 0.3 is 0 Å². The Morgan fingerprint density at radius 3 is 2.73 bits per heavy atom. The number of amides is 2. The zero-order chi connectivity index (χ0) is 18.3. The monoisotopic (exact) mass is 353 g/mol. The second kappa shape index (κ2) is 6.23. The molecule has 1 atom stereocenters. The highest BCUT2D eigenvalue weighted by Gasteiger charge is 2.49. The molecule has 136 valence electrons. The number of carbonyl (C=O) groups excluding carboxylic acids is 2. The summed E-state index contributed by atoms with van der Waals surface area (Å²) in [6.07, 6.45) is 5.81. The van der Waals surface area contributed by atoms with Gasteiger partial charge in [0.2, 0.25) is 5.91 Å². The van der Waals surface area contributed by atoms with E-state index in [9.17, 15) is 9.59 Å². The Bertz CT molecular complexity index is 851. The minimum atomic E-state index is -0.281. The lowest BCUT2D eigenvalue weighted by Gasteiger charge is -2.42. The summed E-state index contributed by atoms with van der Waals surface area (Å²) in [4.78, 5) is 31.1. The SMILES string of the molecule is Cc1cccc(C(=O)N2CCC3(CC2)NC(=O)C[C@H]3c2cnn(C)c2)n1. The summed E-state index contributed by atoms with van der Waals surface area (Å²) in [7, 11) is 1.89. The predicted octanol–water partition coefficient (Wildman–Crippen LogP) is 1.40. The molecule has 2 saturated heterocycles. The van der Waals surface area contributed by atoms with Gasteiger partial charge in [-0.05, 0) is 37.5 Å². The number of carbonyl (C=O) groups is 2. The molecule has 1 N–H and O–H groups in total. The Morgan fingerprint density at radius 1 is 1.31 bits per heavy atom. The third-order valence-electron chi connectivity index (χ3n) is 5.62. The Kier molecular flexibility index (Phi) is 4.01. The first-order valence-electron chi connectivity index (χ1n) is 8.99. The molecule has 4 rings (SSSR count). The molecule has 2 aromatic rings. The second-order valence-electron chi connectivity index (χ2n) is 7.36. The van der Waals surface area contributed by atoms with Crippen LogP contribution in [-0.4, -0.2) is 50.1 Å². The fourth-order valence-corrected chi connectivity index (χ4v) is 4.26. The third-order valence-corrected chi connectivity index (χ3v) is 5.62. The molecule has 2 fully saturated rings. The first kappa shape index (κ1) is 16.8. The van der Waals surface area contributed by atoms with Gasteiger partial charge in [0, 0.05) is 44.4 Å². The lowest BCUT2D eigenvalue weighted by atomic mass is 9.75. The van der Waals surface area contributed by atoms with E-state index in [1.165, 1.54) is 0 Å². The van der Waals surface area contributed by atoms with Crippen LogP contribution in [0.2, 0.25) is 0 Å². The normalized spacial score (nSPS) is 21.8. The quantitative estimate of drug-likeness (QED) is 0.885. The van der Waals surface area contributed by atoms with Crippen LogP contribution in [0.3, 0.4) is 0 Å². The highest BCUT2D eigenvalue weighted by molar-refractivity contribution is 5.92. The van der Waals surface area contributed by atoms with Crippen molar-refractivity contribution in [2.75, 3.05) is 13.1 Å². The molecule has 1 spiro atoms. The van der Waals surface area contributed by atoms with Crippen molar-refractivity contribution in [1.82, 2.24) is 25.0 Å². The van der Waals surface area contributed by atoms with E-state index in [4.69, 9.17) is 0 Å². The molecule has 7 nitrogen and oxygen atoms in total. The van der Waals surface area contributed by atoms with E-state index in [1.807, 2.05) is 43.4 Å². The van der Waals surface area contributed by atoms with Crippen molar-refractivity contribution >= 4 is 11.8 Å². The summed E-state index contributed by atoms with van der Waals surface area (Å²) < 4.78 is 1.77. The summed E-state index contributed by atoms with van der Waals surface area (Å²) in [5, 5.41) is 7.47. The van der Waals surface area contributed by atoms with Crippen LogP contribution in [0.4, 0.5) is 0 Å². The molecule has 0 aliphatic carbocycles. The molecule has 2 aliphatic rings. The number of hydrogen-bond acceptors (Lipinski definition) is 4. The predicted molar refractivity (Wildman–Crippen MR) is 95.6 cm³/mol. The lowest BCUT2D eigenvalue weighted by molar-refractivity contribution is -0.120. The van der Waals surface area contributed by atoms with Crippen molar-refractivity contribution in [1.29, 1.82) is 0 Å². The van der Waals surface area contributed by atoms with E-state index in [2.05, 4.69) is 15.4 Å². The van der Waals surface area contributed by atoms with Gasteiger partial charge in [0.1, 0.15) is 5.69 Å². The maximum Gasteiger partial charge on any atom is 0.272 e. The number of likely N-dealkylation sites (tertiary alicyclic amines) is 1. The van der Waals surface area contributed by atoms with E-state index in [0.717, 1.165) is 24.1 Å². The minimum absolute atomic E-state index is 0.0363. The van der Waals surface area contributed by atoms with Crippen LogP contribution in [0, 0.1) is 6.92 Å². The van der Waals surface area contributed by atoms with Gasteiger partial charge < -0.3 is 10.2 Å². The van der Waals surface area contributed by atoms with Crippen molar-refractivity contribution < 1.29 is 9.59 Å². The van der Waals surface area contributed by atoms with E-state index < -0.39 is 0 Å². The van der Waals surface area contributed by atoms with Crippen LogP contribution in [0.1, 0.15) is 46.9 Å². The van der Waals surface area contributed by atoms with E-state index in [1.54, 1.807) is 10.7 Å². The fraction of sp³-hybridized carbons (Fsp3) is 0.474. The maximum atomic E-state index is 12.7. The molecule has 2 aliphatic heterocycles. The van der Waals surface area contributed by atoms with Crippen LogP contribution in [0.15, 0.2) is 30.6 Å². The highest BCUT2D eigenvalue weighted by atomic mass is 16.2. The third kappa shape index (κ3) is 2.87. The molecular formula is C19H23N5O2. The number of nitrogens with zero attached hydrogens (tertiary/aromatic N) is 4. The zero-order valence-corrected chi connectivity index (χ0v) is 15.1. The molecule has 2 amide bonds. The Morgan fingerprint density at radius 2 is 2.08 bits per heavy atom. The molecule has 0 aromatic carbocycles. The van der Waals surface area contributed by atoms with Gasteiger partial charge in [-0.3, -0.25) is 14.3 Å². The summed E-state index contributed by atoms with van der Waals surface area (Å²) >= 11 is 0. The standard InChI is InChI=1S/C19H23N5O2/c1-13-4-3-5-16(21-13)18(26)24-8-6-19(7-9-24)15(10-17(25)22-19)14-11-20-23(2)12-14/h3-5,11-12,15H,6-10H2,1-2H3,(H,22,25)/t15-/m0/s1. The largest absolute Gasteiger partial charge is 0.350 e. The smallest absolute Gasteiger partial charge is 0.272 e. The average molecular weight is 353 g/mol. The minimum Gasteiger partial charge on any atom is -0.350 e. The summed E-state index contributed by atoms with van der Waals surface area (Å²) in [5.74, 6) is 0.155. The molecule has 7 heteroatoms. The van der Waals surface area contributed by atoms with Crippen LogP contribution in [0.5, 0.6) is 0 Å². The fourth-order valence-electron chi connectivity index (χ4n) is 4.26. The van der Waals surface area contributed by atoms with Crippen molar-refractivity contribution in [3.63, 3.8) is 0 Å². The van der Waals surface area contributed by atoms with Gasteiger partial charge in [0.25, 0.3) is 5.91 Å². The molecule has 0 saturated carbocycles. The van der Waals surface area contributed by atoms with E-state index in [-0.39, 0.29) is 23.3 Å². The number of aryl methyl sites for hydroxylation is 2. The second-order valence-corrected chi connectivity index (χ2v) is 7.36. The number of piperidine rings is 1. The number of aromatic nitrogens is 3. The van der Waals surface area contributed by atoms with Crippen LogP contribution >= 0.6 is 0 Å². The van der Waals surface area contributed by atoms with Gasteiger partial charge in [-0.25, -0.2) is 4.98 Å². The highest BCUT2D eigenvalue weighted by Crippen LogP contribution is 2.43. The zero-order valence-electron chi connectivity index (χ0n) is 15.1. The average Bonchev–Trinajstić information content (AvgIpc) is 3.18. The Labute approximate surface area is 152 Å². The van der Waals surface area contributed by atoms with Gasteiger partial charge in [-0.2, -0.15) is 5.10 Å². The van der Waals surface area contributed by atoms with Gasteiger partial charge in [0.15, 0.2) is 0 Å². The molecular weight excluding hydrogens is 330 g/mol.